The molecule has 7 nitrogen and oxygen atoms in total. The van der Waals surface area contributed by atoms with Crippen LogP contribution in [0.25, 0.3) is 10.9 Å². The number of H-pyrrole nitrogens is 1. The van der Waals surface area contributed by atoms with Gasteiger partial charge in [-0.25, -0.2) is 0 Å². The summed E-state index contributed by atoms with van der Waals surface area (Å²) in [7, 11) is 0. The Morgan fingerprint density at radius 3 is 2.50 bits per heavy atom. The molecule has 0 bridgehead atoms. The lowest BCUT2D eigenvalue weighted by Crippen LogP contribution is -2.47. The number of aromatic nitrogens is 1. The van der Waals surface area contributed by atoms with Gasteiger partial charge in [0.15, 0.2) is 11.5 Å². The fourth-order valence-electron chi connectivity index (χ4n) is 3.31. The number of aromatic amines is 1. The van der Waals surface area contributed by atoms with E-state index in [-0.39, 0.29) is 19.0 Å². The van der Waals surface area contributed by atoms with Crippen molar-refractivity contribution in [2.24, 2.45) is 0 Å². The lowest BCUT2D eigenvalue weighted by molar-refractivity contribution is 0.108. The van der Waals surface area contributed by atoms with E-state index >= 15 is 0 Å². The third kappa shape index (κ3) is 2.98. The number of aliphatic hydroxyl groups is 1. The fraction of sp³-hybridized carbons (Fsp3) is 0.471. The van der Waals surface area contributed by atoms with Crippen LogP contribution in [0.1, 0.15) is 5.56 Å². The fourth-order valence-corrected chi connectivity index (χ4v) is 3.31. The Bertz CT molecular complexity index is 796. The van der Waals surface area contributed by atoms with Gasteiger partial charge in [0.25, 0.3) is 5.56 Å². The molecule has 1 aromatic carbocycles. The van der Waals surface area contributed by atoms with E-state index in [1.165, 1.54) is 0 Å². The summed E-state index contributed by atoms with van der Waals surface area (Å²) in [6.45, 7) is 5.41. The highest BCUT2D eigenvalue weighted by Crippen LogP contribution is 2.35. The molecule has 0 unspecified atom stereocenters. The largest absolute Gasteiger partial charge is 0.454 e. The van der Waals surface area contributed by atoms with Gasteiger partial charge in [-0.2, -0.15) is 0 Å². The summed E-state index contributed by atoms with van der Waals surface area (Å²) in [5, 5.41) is 9.96. The Hall–Kier alpha value is -2.09. The number of pyridine rings is 1. The van der Waals surface area contributed by atoms with Gasteiger partial charge in [0.2, 0.25) is 6.79 Å². The van der Waals surface area contributed by atoms with Crippen LogP contribution >= 0.6 is 0 Å². The molecule has 1 fully saturated rings. The summed E-state index contributed by atoms with van der Waals surface area (Å²) < 4.78 is 10.8. The average molecular weight is 331 g/mol. The summed E-state index contributed by atoms with van der Waals surface area (Å²) in [6, 6.07) is 5.67. The molecule has 4 rings (SSSR count). The van der Waals surface area contributed by atoms with Crippen LogP contribution in [0.2, 0.25) is 0 Å². The van der Waals surface area contributed by atoms with Gasteiger partial charge in [0.1, 0.15) is 0 Å². The molecular weight excluding hydrogens is 310 g/mol. The van der Waals surface area contributed by atoms with Crippen LogP contribution in [0.4, 0.5) is 0 Å². The highest BCUT2D eigenvalue weighted by Gasteiger charge is 2.19. The van der Waals surface area contributed by atoms with Crippen molar-refractivity contribution in [3.05, 3.63) is 34.1 Å². The zero-order valence-corrected chi connectivity index (χ0v) is 13.5. The van der Waals surface area contributed by atoms with Gasteiger partial charge < -0.3 is 19.6 Å². The van der Waals surface area contributed by atoms with Crippen LogP contribution in [-0.2, 0) is 6.54 Å². The van der Waals surface area contributed by atoms with Gasteiger partial charge in [-0.15, -0.1) is 0 Å². The summed E-state index contributed by atoms with van der Waals surface area (Å²) in [5.41, 5.74) is 1.47. The van der Waals surface area contributed by atoms with Gasteiger partial charge in [-0.05, 0) is 12.1 Å². The van der Waals surface area contributed by atoms with Crippen molar-refractivity contribution in [3.63, 3.8) is 0 Å². The topological polar surface area (TPSA) is 78.0 Å². The number of nitrogens with one attached hydrogen (secondary N) is 1. The van der Waals surface area contributed by atoms with Crippen LogP contribution < -0.4 is 15.0 Å². The van der Waals surface area contributed by atoms with E-state index < -0.39 is 0 Å². The number of aliphatic hydroxyl groups excluding tert-OH is 1. The van der Waals surface area contributed by atoms with Gasteiger partial charge >= 0.3 is 0 Å². The number of ether oxygens (including phenoxy) is 2. The molecule has 3 heterocycles. The standard InChI is InChI=1S/C17H21N3O4/c21-6-5-19-1-3-20(4-2-19)10-13-7-12-8-15-16(24-11-23-15)9-14(12)18-17(13)22/h7-9,21H,1-6,10-11H2,(H,18,22). The first-order valence-electron chi connectivity index (χ1n) is 8.24. The second-order valence-electron chi connectivity index (χ2n) is 6.26. The molecule has 2 N–H and O–H groups in total. The molecule has 7 heteroatoms. The van der Waals surface area contributed by atoms with Gasteiger partial charge in [-0.1, -0.05) is 0 Å². The number of benzene rings is 1. The summed E-state index contributed by atoms with van der Waals surface area (Å²) >= 11 is 0. The van der Waals surface area contributed by atoms with Crippen LogP contribution in [0, 0.1) is 0 Å². The third-order valence-electron chi connectivity index (χ3n) is 4.69. The average Bonchev–Trinajstić information content (AvgIpc) is 3.03. The van der Waals surface area contributed by atoms with Gasteiger partial charge in [-0.3, -0.25) is 14.6 Å². The van der Waals surface area contributed by atoms with E-state index in [0.29, 0.717) is 12.3 Å². The van der Waals surface area contributed by atoms with Gasteiger partial charge in [0, 0.05) is 56.3 Å². The monoisotopic (exact) mass is 331 g/mol. The van der Waals surface area contributed by atoms with Crippen molar-refractivity contribution in [2.75, 3.05) is 46.1 Å². The van der Waals surface area contributed by atoms with Gasteiger partial charge in [0.05, 0.1) is 12.1 Å². The van der Waals surface area contributed by atoms with E-state index in [4.69, 9.17) is 14.6 Å². The van der Waals surface area contributed by atoms with Crippen molar-refractivity contribution in [2.45, 2.75) is 6.54 Å². The molecule has 24 heavy (non-hydrogen) atoms. The molecule has 0 radical (unpaired) electrons. The Labute approximate surface area is 139 Å². The molecule has 1 aromatic heterocycles. The lowest BCUT2D eigenvalue weighted by Gasteiger charge is -2.34. The summed E-state index contributed by atoms with van der Waals surface area (Å²) in [4.78, 5) is 19.8. The molecule has 1 saturated heterocycles. The lowest BCUT2D eigenvalue weighted by atomic mass is 10.1. The van der Waals surface area contributed by atoms with Crippen molar-refractivity contribution in [1.29, 1.82) is 0 Å². The molecule has 2 aliphatic heterocycles. The summed E-state index contributed by atoms with van der Waals surface area (Å²) in [5.74, 6) is 1.39. The van der Waals surface area contributed by atoms with E-state index in [1.807, 2.05) is 18.2 Å². The minimum atomic E-state index is -0.0563. The molecule has 0 amide bonds. The number of hydrogen-bond acceptors (Lipinski definition) is 6. The number of fused-ring (bicyclic) bond motifs is 2. The molecule has 0 saturated carbocycles. The first-order chi connectivity index (χ1) is 11.7. The molecule has 0 atom stereocenters. The predicted molar refractivity (Wildman–Crippen MR) is 89.5 cm³/mol. The highest BCUT2D eigenvalue weighted by atomic mass is 16.7. The van der Waals surface area contributed by atoms with E-state index in [9.17, 15) is 4.79 Å². The maximum Gasteiger partial charge on any atom is 0.252 e. The molecule has 0 spiro atoms. The Balaban J connectivity index is 1.53. The van der Waals surface area contributed by atoms with E-state index in [1.54, 1.807) is 0 Å². The predicted octanol–water partition coefficient (Wildman–Crippen LogP) is 0.367. The maximum atomic E-state index is 12.4. The maximum absolute atomic E-state index is 12.4. The molecule has 0 aliphatic carbocycles. The van der Waals surface area contributed by atoms with Crippen molar-refractivity contribution in [3.8, 4) is 11.5 Å². The number of rotatable bonds is 4. The minimum Gasteiger partial charge on any atom is -0.454 e. The smallest absolute Gasteiger partial charge is 0.252 e. The van der Waals surface area contributed by atoms with Crippen molar-refractivity contribution in [1.82, 2.24) is 14.8 Å². The number of β-amino-alcohol motifs (C(OH)–C–C–N with tert-alkyl or cyclic N) is 1. The SMILES string of the molecule is O=c1[nH]c2cc3c(cc2cc1CN1CCN(CCO)CC1)OCO3. The van der Waals surface area contributed by atoms with Crippen LogP contribution in [-0.4, -0.2) is 66.0 Å². The van der Waals surface area contributed by atoms with Crippen LogP contribution in [0.3, 0.4) is 0 Å². The minimum absolute atomic E-state index is 0.0563. The van der Waals surface area contributed by atoms with Crippen LogP contribution in [0.5, 0.6) is 11.5 Å². The Kier molecular flexibility index (Phi) is 4.13. The number of nitrogens with zero attached hydrogens (tertiary/aromatic N) is 2. The number of hydrogen-bond donors (Lipinski definition) is 2. The first kappa shape index (κ1) is 15.4. The molecule has 2 aromatic rings. The quantitative estimate of drug-likeness (QED) is 0.843. The second-order valence-corrected chi connectivity index (χ2v) is 6.26. The summed E-state index contributed by atoms with van der Waals surface area (Å²) in [6.07, 6.45) is 0. The van der Waals surface area contributed by atoms with E-state index in [2.05, 4.69) is 14.8 Å². The highest BCUT2D eigenvalue weighted by molar-refractivity contribution is 5.83. The number of piperazine rings is 1. The zero-order chi connectivity index (χ0) is 16.5. The molecule has 128 valence electrons. The molecular formula is C17H21N3O4. The molecule has 2 aliphatic rings. The normalized spacial score (nSPS) is 18.4. The van der Waals surface area contributed by atoms with E-state index in [0.717, 1.165) is 54.9 Å². The Morgan fingerprint density at radius 1 is 1.04 bits per heavy atom. The third-order valence-corrected chi connectivity index (χ3v) is 4.69. The van der Waals surface area contributed by atoms with Crippen LogP contribution in [0.15, 0.2) is 23.0 Å². The van der Waals surface area contributed by atoms with Crippen molar-refractivity contribution < 1.29 is 14.6 Å². The Morgan fingerprint density at radius 2 is 1.75 bits per heavy atom. The van der Waals surface area contributed by atoms with Crippen molar-refractivity contribution >= 4 is 10.9 Å². The zero-order valence-electron chi connectivity index (χ0n) is 13.5. The first-order valence-corrected chi connectivity index (χ1v) is 8.24. The second kappa shape index (κ2) is 6.43.